The summed E-state index contributed by atoms with van der Waals surface area (Å²) in [4.78, 5) is 0. The van der Waals surface area contributed by atoms with Crippen molar-refractivity contribution < 1.29 is 0 Å². The van der Waals surface area contributed by atoms with E-state index in [4.69, 9.17) is 0 Å². The van der Waals surface area contributed by atoms with Crippen LogP contribution in [0.25, 0.3) is 0 Å². The van der Waals surface area contributed by atoms with Crippen molar-refractivity contribution in [3.8, 4) is 0 Å². The first-order chi connectivity index (χ1) is 7.24. The SMILES string of the molecule is CCCCCC(CC(C)CCC)NCC. The number of unbranched alkanes of at least 4 members (excludes halogenated alkanes) is 2. The van der Waals surface area contributed by atoms with Crippen molar-refractivity contribution in [1.82, 2.24) is 5.32 Å². The molecule has 0 aromatic carbocycles. The molecule has 0 radical (unpaired) electrons. The largest absolute Gasteiger partial charge is 0.314 e. The summed E-state index contributed by atoms with van der Waals surface area (Å²) in [6.45, 7) is 10.3. The third-order valence-electron chi connectivity index (χ3n) is 3.12. The first-order valence-corrected chi connectivity index (χ1v) is 6.97. The van der Waals surface area contributed by atoms with Gasteiger partial charge in [-0.05, 0) is 25.3 Å². The van der Waals surface area contributed by atoms with E-state index in [2.05, 4.69) is 33.0 Å². The Labute approximate surface area is 97.0 Å². The quantitative estimate of drug-likeness (QED) is 0.531. The van der Waals surface area contributed by atoms with Gasteiger partial charge in [0.1, 0.15) is 0 Å². The summed E-state index contributed by atoms with van der Waals surface area (Å²) in [6.07, 6.45) is 9.58. The molecule has 2 unspecified atom stereocenters. The van der Waals surface area contributed by atoms with Crippen molar-refractivity contribution in [2.45, 2.75) is 78.7 Å². The Bertz CT molecular complexity index is 123. The average molecular weight is 213 g/mol. The number of nitrogens with one attached hydrogen (secondary N) is 1. The van der Waals surface area contributed by atoms with Gasteiger partial charge in [-0.2, -0.15) is 0 Å². The fraction of sp³-hybridized carbons (Fsp3) is 1.00. The van der Waals surface area contributed by atoms with E-state index in [1.54, 1.807) is 0 Å². The summed E-state index contributed by atoms with van der Waals surface area (Å²) in [5, 5.41) is 3.63. The topological polar surface area (TPSA) is 12.0 Å². The normalized spacial score (nSPS) is 15.2. The third-order valence-corrected chi connectivity index (χ3v) is 3.12. The van der Waals surface area contributed by atoms with E-state index in [0.717, 1.165) is 18.5 Å². The Kier molecular flexibility index (Phi) is 10.4. The van der Waals surface area contributed by atoms with Crippen LogP contribution in [0.15, 0.2) is 0 Å². The molecule has 0 saturated heterocycles. The lowest BCUT2D eigenvalue weighted by Crippen LogP contribution is -2.30. The monoisotopic (exact) mass is 213 g/mol. The average Bonchev–Trinajstić information content (AvgIpc) is 2.18. The molecule has 0 aromatic rings. The van der Waals surface area contributed by atoms with Crippen molar-refractivity contribution in [3.05, 3.63) is 0 Å². The Morgan fingerprint density at radius 2 is 1.67 bits per heavy atom. The summed E-state index contributed by atoms with van der Waals surface area (Å²) in [6, 6.07) is 0.767. The summed E-state index contributed by atoms with van der Waals surface area (Å²) in [5.74, 6) is 0.890. The molecule has 0 bridgehead atoms. The molecule has 0 spiro atoms. The summed E-state index contributed by atoms with van der Waals surface area (Å²) < 4.78 is 0. The molecule has 15 heavy (non-hydrogen) atoms. The van der Waals surface area contributed by atoms with Gasteiger partial charge in [-0.15, -0.1) is 0 Å². The lowest BCUT2D eigenvalue weighted by molar-refractivity contribution is 0.364. The van der Waals surface area contributed by atoms with Gasteiger partial charge in [0.2, 0.25) is 0 Å². The molecular weight excluding hydrogens is 182 g/mol. The van der Waals surface area contributed by atoms with Crippen molar-refractivity contribution in [1.29, 1.82) is 0 Å². The second kappa shape index (κ2) is 10.5. The number of hydrogen-bond acceptors (Lipinski definition) is 1. The zero-order valence-corrected chi connectivity index (χ0v) is 11.3. The molecule has 0 heterocycles. The molecule has 1 N–H and O–H groups in total. The van der Waals surface area contributed by atoms with E-state index in [1.165, 1.54) is 44.9 Å². The first kappa shape index (κ1) is 15.0. The van der Waals surface area contributed by atoms with Gasteiger partial charge >= 0.3 is 0 Å². The van der Waals surface area contributed by atoms with E-state index in [-0.39, 0.29) is 0 Å². The Hall–Kier alpha value is -0.0400. The van der Waals surface area contributed by atoms with Crippen LogP contribution in [0.4, 0.5) is 0 Å². The second-order valence-electron chi connectivity index (χ2n) is 4.88. The fourth-order valence-electron chi connectivity index (χ4n) is 2.33. The standard InChI is InChI=1S/C14H31N/c1-5-8-9-11-14(15-7-3)12-13(4)10-6-2/h13-15H,5-12H2,1-4H3. The summed E-state index contributed by atoms with van der Waals surface area (Å²) >= 11 is 0. The fourth-order valence-corrected chi connectivity index (χ4v) is 2.33. The Morgan fingerprint density at radius 3 is 2.20 bits per heavy atom. The molecule has 1 heteroatoms. The van der Waals surface area contributed by atoms with Crippen molar-refractivity contribution in [2.75, 3.05) is 6.54 Å². The van der Waals surface area contributed by atoms with E-state index >= 15 is 0 Å². The third kappa shape index (κ3) is 8.92. The highest BCUT2D eigenvalue weighted by molar-refractivity contribution is 4.69. The maximum Gasteiger partial charge on any atom is 0.00694 e. The highest BCUT2D eigenvalue weighted by Crippen LogP contribution is 2.16. The molecule has 92 valence electrons. The van der Waals surface area contributed by atoms with Crippen LogP contribution in [0.2, 0.25) is 0 Å². The molecule has 0 aromatic heterocycles. The van der Waals surface area contributed by atoms with Crippen LogP contribution in [0.5, 0.6) is 0 Å². The van der Waals surface area contributed by atoms with Crippen LogP contribution in [0.3, 0.4) is 0 Å². The molecule has 0 amide bonds. The lowest BCUT2D eigenvalue weighted by Gasteiger charge is -2.21. The first-order valence-electron chi connectivity index (χ1n) is 6.97. The van der Waals surface area contributed by atoms with Gasteiger partial charge in [0.15, 0.2) is 0 Å². The maximum absolute atomic E-state index is 3.63. The molecule has 0 fully saturated rings. The van der Waals surface area contributed by atoms with Gasteiger partial charge in [-0.25, -0.2) is 0 Å². The minimum Gasteiger partial charge on any atom is -0.314 e. The molecule has 0 aliphatic carbocycles. The zero-order chi connectivity index (χ0) is 11.5. The van der Waals surface area contributed by atoms with Gasteiger partial charge in [-0.3, -0.25) is 0 Å². The molecule has 0 rings (SSSR count). The predicted octanol–water partition coefficient (Wildman–Crippen LogP) is 4.37. The smallest absolute Gasteiger partial charge is 0.00694 e. The molecule has 2 atom stereocenters. The Balaban J connectivity index is 3.70. The van der Waals surface area contributed by atoms with E-state index in [0.29, 0.717) is 0 Å². The summed E-state index contributed by atoms with van der Waals surface area (Å²) in [7, 11) is 0. The van der Waals surface area contributed by atoms with Gasteiger partial charge < -0.3 is 5.32 Å². The highest BCUT2D eigenvalue weighted by Gasteiger charge is 2.11. The van der Waals surface area contributed by atoms with Crippen LogP contribution < -0.4 is 5.32 Å². The number of hydrogen-bond donors (Lipinski definition) is 1. The minimum atomic E-state index is 0.767. The predicted molar refractivity (Wildman–Crippen MR) is 70.3 cm³/mol. The van der Waals surface area contributed by atoms with E-state index in [1.807, 2.05) is 0 Å². The van der Waals surface area contributed by atoms with Crippen LogP contribution in [-0.4, -0.2) is 12.6 Å². The van der Waals surface area contributed by atoms with Crippen LogP contribution in [-0.2, 0) is 0 Å². The van der Waals surface area contributed by atoms with Crippen molar-refractivity contribution >= 4 is 0 Å². The van der Waals surface area contributed by atoms with Crippen LogP contribution in [0, 0.1) is 5.92 Å². The second-order valence-corrected chi connectivity index (χ2v) is 4.88. The zero-order valence-electron chi connectivity index (χ0n) is 11.3. The lowest BCUT2D eigenvalue weighted by atomic mass is 9.94. The van der Waals surface area contributed by atoms with Crippen LogP contribution in [0.1, 0.15) is 72.6 Å². The van der Waals surface area contributed by atoms with Crippen molar-refractivity contribution in [3.63, 3.8) is 0 Å². The van der Waals surface area contributed by atoms with Gasteiger partial charge in [0.25, 0.3) is 0 Å². The minimum absolute atomic E-state index is 0.767. The molecule has 0 saturated carbocycles. The number of rotatable bonds is 10. The Morgan fingerprint density at radius 1 is 0.933 bits per heavy atom. The molecular formula is C14H31N. The summed E-state index contributed by atoms with van der Waals surface area (Å²) in [5.41, 5.74) is 0. The highest BCUT2D eigenvalue weighted by atomic mass is 14.9. The van der Waals surface area contributed by atoms with E-state index in [9.17, 15) is 0 Å². The van der Waals surface area contributed by atoms with Gasteiger partial charge in [-0.1, -0.05) is 59.8 Å². The molecule has 0 aliphatic rings. The molecule has 0 aliphatic heterocycles. The van der Waals surface area contributed by atoms with Gasteiger partial charge in [0.05, 0.1) is 0 Å². The maximum atomic E-state index is 3.63. The van der Waals surface area contributed by atoms with E-state index < -0.39 is 0 Å². The molecule has 1 nitrogen and oxygen atoms in total. The van der Waals surface area contributed by atoms with Crippen molar-refractivity contribution in [2.24, 2.45) is 5.92 Å². The van der Waals surface area contributed by atoms with Crippen LogP contribution >= 0.6 is 0 Å². The van der Waals surface area contributed by atoms with Gasteiger partial charge in [0, 0.05) is 6.04 Å².